The molecule has 0 aliphatic carbocycles. The van der Waals surface area contributed by atoms with E-state index in [0.717, 1.165) is 24.1 Å². The molecule has 0 saturated carbocycles. The predicted octanol–water partition coefficient (Wildman–Crippen LogP) is 1.41. The monoisotopic (exact) mass is 217 g/mol. The minimum Gasteiger partial charge on any atom is -0.384 e. The molecule has 2 aromatic heterocycles. The second-order valence-electron chi connectivity index (χ2n) is 3.76. The van der Waals surface area contributed by atoms with E-state index in [1.165, 1.54) is 0 Å². The summed E-state index contributed by atoms with van der Waals surface area (Å²) in [6.07, 6.45) is 5.58. The Morgan fingerprint density at radius 2 is 2.19 bits per heavy atom. The molecule has 0 saturated heterocycles. The second-order valence-corrected chi connectivity index (χ2v) is 3.76. The van der Waals surface area contributed by atoms with Crippen molar-refractivity contribution in [2.24, 2.45) is 7.05 Å². The number of rotatable bonds is 3. The summed E-state index contributed by atoms with van der Waals surface area (Å²) < 4.78 is 1.72. The van der Waals surface area contributed by atoms with Gasteiger partial charge in [-0.1, -0.05) is 13.3 Å². The maximum Gasteiger partial charge on any atom is 0.164 e. The van der Waals surface area contributed by atoms with Crippen LogP contribution >= 0.6 is 0 Å². The summed E-state index contributed by atoms with van der Waals surface area (Å²) in [7, 11) is 1.86. The van der Waals surface area contributed by atoms with Crippen LogP contribution < -0.4 is 5.73 Å². The number of nitrogens with zero attached hydrogens (tertiary/aromatic N) is 4. The van der Waals surface area contributed by atoms with E-state index in [9.17, 15) is 0 Å². The fourth-order valence-electron chi connectivity index (χ4n) is 1.57. The lowest BCUT2D eigenvalue weighted by Crippen LogP contribution is -1.99. The lowest BCUT2D eigenvalue weighted by molar-refractivity contribution is 0.768. The first-order valence-electron chi connectivity index (χ1n) is 5.31. The fourth-order valence-corrected chi connectivity index (χ4v) is 1.57. The summed E-state index contributed by atoms with van der Waals surface area (Å²) in [6, 6.07) is 1.82. The first kappa shape index (κ1) is 10.6. The molecule has 16 heavy (non-hydrogen) atoms. The van der Waals surface area contributed by atoms with Crippen LogP contribution in [0.4, 0.5) is 5.82 Å². The highest BCUT2D eigenvalue weighted by Gasteiger charge is 2.06. The molecule has 0 aliphatic heterocycles. The highest BCUT2D eigenvalue weighted by Crippen LogP contribution is 2.16. The van der Waals surface area contributed by atoms with E-state index in [1.54, 1.807) is 10.9 Å². The molecule has 0 fully saturated rings. The summed E-state index contributed by atoms with van der Waals surface area (Å²) in [5.74, 6) is 1.16. The van der Waals surface area contributed by atoms with Crippen molar-refractivity contribution in [3.8, 4) is 11.4 Å². The number of hydrogen-bond acceptors (Lipinski definition) is 4. The van der Waals surface area contributed by atoms with Gasteiger partial charge in [-0.05, 0) is 6.42 Å². The van der Waals surface area contributed by atoms with Gasteiger partial charge >= 0.3 is 0 Å². The van der Waals surface area contributed by atoms with E-state index >= 15 is 0 Å². The number of anilines is 1. The largest absolute Gasteiger partial charge is 0.384 e. The molecule has 2 N–H and O–H groups in total. The number of aromatic nitrogens is 4. The zero-order valence-electron chi connectivity index (χ0n) is 9.51. The number of aryl methyl sites for hydroxylation is 2. The van der Waals surface area contributed by atoms with E-state index in [1.807, 2.05) is 19.3 Å². The van der Waals surface area contributed by atoms with Crippen LogP contribution in [0.5, 0.6) is 0 Å². The van der Waals surface area contributed by atoms with Crippen LogP contribution in [0.25, 0.3) is 11.4 Å². The maximum absolute atomic E-state index is 5.76. The molecule has 0 aliphatic rings. The molecule has 2 heterocycles. The summed E-state index contributed by atoms with van der Waals surface area (Å²) in [5, 5.41) is 4.09. The van der Waals surface area contributed by atoms with Crippen LogP contribution in [0.15, 0.2) is 18.5 Å². The van der Waals surface area contributed by atoms with Gasteiger partial charge < -0.3 is 5.73 Å². The van der Waals surface area contributed by atoms with Gasteiger partial charge in [0, 0.05) is 25.0 Å². The average Bonchev–Trinajstić information content (AvgIpc) is 2.64. The summed E-state index contributed by atoms with van der Waals surface area (Å²) in [5.41, 5.74) is 7.63. The van der Waals surface area contributed by atoms with Crippen molar-refractivity contribution in [2.45, 2.75) is 19.8 Å². The Hall–Kier alpha value is -1.91. The van der Waals surface area contributed by atoms with E-state index in [-0.39, 0.29) is 0 Å². The van der Waals surface area contributed by atoms with Gasteiger partial charge in [-0.2, -0.15) is 5.10 Å². The number of nitrogen functional groups attached to an aromatic ring is 1. The van der Waals surface area contributed by atoms with Crippen molar-refractivity contribution >= 4 is 5.82 Å². The zero-order valence-corrected chi connectivity index (χ0v) is 9.51. The smallest absolute Gasteiger partial charge is 0.164 e. The van der Waals surface area contributed by atoms with Crippen molar-refractivity contribution in [3.63, 3.8) is 0 Å². The molecular weight excluding hydrogens is 202 g/mol. The number of hydrogen-bond donors (Lipinski definition) is 1. The molecule has 2 aromatic rings. The average molecular weight is 217 g/mol. The highest BCUT2D eigenvalue weighted by atomic mass is 15.2. The number of nitrogens with two attached hydrogens (primary N) is 1. The van der Waals surface area contributed by atoms with Crippen LogP contribution in [0, 0.1) is 0 Å². The summed E-state index contributed by atoms with van der Waals surface area (Å²) in [6.45, 7) is 2.11. The van der Waals surface area contributed by atoms with E-state index < -0.39 is 0 Å². The van der Waals surface area contributed by atoms with Crippen LogP contribution in [0.2, 0.25) is 0 Å². The molecule has 0 radical (unpaired) electrons. The van der Waals surface area contributed by atoms with Gasteiger partial charge in [0.05, 0.1) is 11.8 Å². The maximum atomic E-state index is 5.76. The predicted molar refractivity (Wildman–Crippen MR) is 62.6 cm³/mol. The van der Waals surface area contributed by atoms with Crippen molar-refractivity contribution in [1.29, 1.82) is 0 Å². The van der Waals surface area contributed by atoms with Crippen LogP contribution in [-0.2, 0) is 13.5 Å². The van der Waals surface area contributed by atoms with Crippen molar-refractivity contribution in [2.75, 3.05) is 5.73 Å². The zero-order chi connectivity index (χ0) is 11.5. The molecule has 0 aromatic carbocycles. The third kappa shape index (κ3) is 2.18. The Kier molecular flexibility index (Phi) is 2.85. The van der Waals surface area contributed by atoms with Crippen molar-refractivity contribution < 1.29 is 0 Å². The normalized spacial score (nSPS) is 10.6. The Labute approximate surface area is 94.3 Å². The minimum atomic E-state index is 0.511. The van der Waals surface area contributed by atoms with Crippen LogP contribution in [-0.4, -0.2) is 19.7 Å². The molecule has 2 rings (SSSR count). The molecule has 84 valence electrons. The van der Waals surface area contributed by atoms with Gasteiger partial charge in [-0.15, -0.1) is 0 Å². The molecular formula is C11H15N5. The molecule has 0 bridgehead atoms. The van der Waals surface area contributed by atoms with Gasteiger partial charge in [0.25, 0.3) is 0 Å². The fraction of sp³-hybridized carbons (Fsp3) is 0.364. The van der Waals surface area contributed by atoms with Gasteiger partial charge in [0.1, 0.15) is 5.82 Å². The lowest BCUT2D eigenvalue weighted by Gasteiger charge is -2.02. The van der Waals surface area contributed by atoms with Gasteiger partial charge in [-0.25, -0.2) is 9.97 Å². The molecule has 0 spiro atoms. The van der Waals surface area contributed by atoms with Gasteiger partial charge in [0.15, 0.2) is 5.82 Å². The Bertz CT molecular complexity index is 489. The lowest BCUT2D eigenvalue weighted by atomic mass is 10.2. The Balaban J connectivity index is 2.40. The molecule has 0 atom stereocenters. The van der Waals surface area contributed by atoms with E-state index in [4.69, 9.17) is 5.73 Å². The minimum absolute atomic E-state index is 0.511. The van der Waals surface area contributed by atoms with Gasteiger partial charge in [0.2, 0.25) is 0 Å². The highest BCUT2D eigenvalue weighted by molar-refractivity contribution is 5.54. The third-order valence-electron chi connectivity index (χ3n) is 2.27. The molecule has 0 amide bonds. The molecule has 5 nitrogen and oxygen atoms in total. The first-order chi connectivity index (χ1) is 7.69. The third-order valence-corrected chi connectivity index (χ3v) is 2.27. The van der Waals surface area contributed by atoms with Crippen molar-refractivity contribution in [3.05, 3.63) is 24.2 Å². The summed E-state index contributed by atoms with van der Waals surface area (Å²) in [4.78, 5) is 8.68. The quantitative estimate of drug-likeness (QED) is 0.844. The van der Waals surface area contributed by atoms with E-state index in [2.05, 4.69) is 22.0 Å². The molecule has 0 unspecified atom stereocenters. The van der Waals surface area contributed by atoms with Crippen LogP contribution in [0.3, 0.4) is 0 Å². The van der Waals surface area contributed by atoms with Crippen LogP contribution in [0.1, 0.15) is 19.0 Å². The van der Waals surface area contributed by atoms with E-state index in [0.29, 0.717) is 11.6 Å². The molecule has 5 heteroatoms. The Morgan fingerprint density at radius 3 is 2.81 bits per heavy atom. The standard InChI is InChI=1S/C11H15N5/c1-3-4-9-5-10(12)15-11(14-9)8-6-13-16(2)7-8/h5-7H,3-4H2,1-2H3,(H2,12,14,15). The topological polar surface area (TPSA) is 69.6 Å². The Morgan fingerprint density at radius 1 is 1.38 bits per heavy atom. The SMILES string of the molecule is CCCc1cc(N)nc(-c2cnn(C)c2)n1. The summed E-state index contributed by atoms with van der Waals surface area (Å²) >= 11 is 0. The second kappa shape index (κ2) is 4.30. The van der Waals surface area contributed by atoms with Gasteiger partial charge in [-0.3, -0.25) is 4.68 Å². The van der Waals surface area contributed by atoms with Crippen molar-refractivity contribution in [1.82, 2.24) is 19.7 Å². The first-order valence-corrected chi connectivity index (χ1v) is 5.31.